The summed E-state index contributed by atoms with van der Waals surface area (Å²) < 4.78 is 6.52. The van der Waals surface area contributed by atoms with Crippen LogP contribution in [0.25, 0.3) is 0 Å². The number of rotatable bonds is 6. The zero-order valence-electron chi connectivity index (χ0n) is 22.2. The Morgan fingerprint density at radius 2 is 1.79 bits per heavy atom. The van der Waals surface area contributed by atoms with Crippen molar-refractivity contribution in [3.05, 3.63) is 53.1 Å². The maximum absolute atomic E-state index is 12.6. The molecule has 0 radical (unpaired) electrons. The first-order valence-corrected chi connectivity index (χ1v) is 13.5. The molecule has 5 rings (SSSR count). The average Bonchev–Trinajstić information content (AvgIpc) is 2.89. The van der Waals surface area contributed by atoms with E-state index in [1.807, 2.05) is 0 Å². The van der Waals surface area contributed by atoms with E-state index in [2.05, 4.69) is 49.2 Å². The van der Waals surface area contributed by atoms with Crippen LogP contribution in [0.15, 0.2) is 36.9 Å². The van der Waals surface area contributed by atoms with Gasteiger partial charge in [0.15, 0.2) is 0 Å². The van der Waals surface area contributed by atoms with Gasteiger partial charge < -0.3 is 4.74 Å². The van der Waals surface area contributed by atoms with Crippen LogP contribution in [0.2, 0.25) is 5.02 Å². The molecule has 3 aliphatic rings. The van der Waals surface area contributed by atoms with Crippen molar-refractivity contribution in [3.63, 3.8) is 0 Å². The van der Waals surface area contributed by atoms with Gasteiger partial charge in [-0.25, -0.2) is 15.4 Å². The highest BCUT2D eigenvalue weighted by Gasteiger charge is 2.72. The summed E-state index contributed by atoms with van der Waals surface area (Å²) in [5.74, 6) is 0.947. The molecule has 3 saturated carbocycles. The smallest absolute Gasteiger partial charge is 0.277 e. The second kappa shape index (κ2) is 9.62. The Hall–Kier alpha value is -3.02. The lowest BCUT2D eigenvalue weighted by molar-refractivity contribution is -0.297. The predicted octanol–water partition coefficient (Wildman–Crippen LogP) is 5.31. The molecule has 0 bridgehead atoms. The molecule has 0 saturated heterocycles. The lowest BCUT2D eigenvalue weighted by Gasteiger charge is -2.72. The summed E-state index contributed by atoms with van der Waals surface area (Å²) >= 11 is 6.27. The van der Waals surface area contributed by atoms with Crippen molar-refractivity contribution in [1.82, 2.24) is 15.4 Å². The fourth-order valence-corrected chi connectivity index (χ4v) is 8.13. The van der Waals surface area contributed by atoms with Crippen LogP contribution in [0.5, 0.6) is 5.75 Å². The molecular formula is C29H33ClN4O4. The van der Waals surface area contributed by atoms with Gasteiger partial charge in [-0.1, -0.05) is 39.3 Å². The van der Waals surface area contributed by atoms with Gasteiger partial charge in [-0.05, 0) is 48.6 Å². The number of carbonyl (C=O) groups is 2. The standard InChI is InChI=1S/C29H33ClN4O4/c1-27(2)24(28(3,4)26(27)37-20-6-5-17(13-31)21(30)11-20)23-22(12-29(23)9-7-19(35)8-10-29)38-34-25(36)18-14-32-16-33-15-18/h5-6,11,14-16,22-24,26H,7-10,12H2,1-4H3,(H,34,36). The number of hydrogen-bond donors (Lipinski definition) is 1. The van der Waals surface area contributed by atoms with Gasteiger partial charge in [0.2, 0.25) is 0 Å². The van der Waals surface area contributed by atoms with Gasteiger partial charge in [0.1, 0.15) is 30.0 Å². The van der Waals surface area contributed by atoms with Crippen molar-refractivity contribution in [3.8, 4) is 11.8 Å². The molecule has 3 fully saturated rings. The molecule has 1 heterocycles. The third-order valence-corrected chi connectivity index (χ3v) is 9.59. The first-order valence-electron chi connectivity index (χ1n) is 13.1. The number of hydroxylamine groups is 1. The van der Waals surface area contributed by atoms with E-state index in [0.29, 0.717) is 40.5 Å². The lowest BCUT2D eigenvalue weighted by Crippen LogP contribution is -2.74. The fourth-order valence-electron chi connectivity index (χ4n) is 7.92. The zero-order chi connectivity index (χ0) is 27.3. The molecule has 9 heteroatoms. The molecule has 1 N–H and O–H groups in total. The Bertz CT molecular complexity index is 1260. The van der Waals surface area contributed by atoms with E-state index < -0.39 is 0 Å². The van der Waals surface area contributed by atoms with Gasteiger partial charge in [-0.3, -0.25) is 14.4 Å². The highest BCUT2D eigenvalue weighted by atomic mass is 35.5. The van der Waals surface area contributed by atoms with Crippen LogP contribution >= 0.6 is 11.6 Å². The molecule has 200 valence electrons. The number of aromatic nitrogens is 2. The number of carbonyl (C=O) groups excluding carboxylic acids is 2. The average molecular weight is 537 g/mol. The van der Waals surface area contributed by atoms with E-state index in [9.17, 15) is 14.9 Å². The van der Waals surface area contributed by atoms with Crippen molar-refractivity contribution < 1.29 is 19.2 Å². The van der Waals surface area contributed by atoms with Crippen LogP contribution in [0.1, 0.15) is 75.7 Å². The highest BCUT2D eigenvalue weighted by Crippen LogP contribution is 2.71. The second-order valence-corrected chi connectivity index (χ2v) is 12.6. The lowest BCUT2D eigenvalue weighted by atomic mass is 9.34. The van der Waals surface area contributed by atoms with Crippen molar-refractivity contribution >= 4 is 23.3 Å². The summed E-state index contributed by atoms with van der Waals surface area (Å²) in [6.45, 7) is 8.87. The molecule has 2 atom stereocenters. The number of nitrogens with zero attached hydrogens (tertiary/aromatic N) is 3. The Morgan fingerprint density at radius 1 is 1.13 bits per heavy atom. The molecule has 3 aliphatic carbocycles. The van der Waals surface area contributed by atoms with Gasteiger partial charge in [0.25, 0.3) is 5.91 Å². The highest BCUT2D eigenvalue weighted by molar-refractivity contribution is 6.31. The van der Waals surface area contributed by atoms with Crippen molar-refractivity contribution in [2.24, 2.45) is 28.1 Å². The number of ketones is 1. The third kappa shape index (κ3) is 4.36. The largest absolute Gasteiger partial charge is 0.489 e. The summed E-state index contributed by atoms with van der Waals surface area (Å²) in [4.78, 5) is 38.7. The summed E-state index contributed by atoms with van der Waals surface area (Å²) in [6, 6.07) is 7.25. The molecule has 1 amide bonds. The number of Topliss-reactive ketones (excluding diaryl/α,β-unsaturated/α-hetero) is 1. The van der Waals surface area contributed by atoms with Crippen LogP contribution in [-0.4, -0.2) is 33.9 Å². The number of benzene rings is 1. The topological polar surface area (TPSA) is 114 Å². The van der Waals surface area contributed by atoms with E-state index in [1.54, 1.807) is 18.2 Å². The fraction of sp³-hybridized carbons (Fsp3) is 0.552. The van der Waals surface area contributed by atoms with Crippen LogP contribution in [-0.2, 0) is 9.63 Å². The zero-order valence-corrected chi connectivity index (χ0v) is 22.9. The number of nitriles is 1. The van der Waals surface area contributed by atoms with Gasteiger partial charge in [-0.2, -0.15) is 5.26 Å². The summed E-state index contributed by atoms with van der Waals surface area (Å²) in [5, 5.41) is 9.58. The van der Waals surface area contributed by atoms with Crippen LogP contribution in [0.3, 0.4) is 0 Å². The summed E-state index contributed by atoms with van der Waals surface area (Å²) in [6.07, 6.45) is 7.67. The SMILES string of the molecule is CC1(C)C(Oc2ccc(C#N)c(Cl)c2)C(C)(C)C1C1C(ONC(=O)c2cncnc2)CC12CCC(=O)CC2. The Labute approximate surface area is 228 Å². The predicted molar refractivity (Wildman–Crippen MR) is 140 cm³/mol. The Kier molecular flexibility index (Phi) is 6.73. The van der Waals surface area contributed by atoms with Gasteiger partial charge in [-0.15, -0.1) is 0 Å². The molecule has 1 aromatic heterocycles. The van der Waals surface area contributed by atoms with E-state index in [0.717, 1.165) is 19.3 Å². The van der Waals surface area contributed by atoms with E-state index in [4.69, 9.17) is 21.2 Å². The molecule has 2 aromatic rings. The van der Waals surface area contributed by atoms with E-state index >= 15 is 0 Å². The molecule has 38 heavy (non-hydrogen) atoms. The summed E-state index contributed by atoms with van der Waals surface area (Å²) in [5.41, 5.74) is 2.94. The molecule has 1 spiro atoms. The van der Waals surface area contributed by atoms with Crippen molar-refractivity contribution in [2.75, 3.05) is 0 Å². The number of amides is 1. The van der Waals surface area contributed by atoms with E-state index in [-0.39, 0.29) is 46.2 Å². The van der Waals surface area contributed by atoms with Crippen LogP contribution in [0, 0.1) is 39.4 Å². The number of ether oxygens (including phenoxy) is 1. The minimum atomic E-state index is -0.379. The minimum Gasteiger partial charge on any atom is -0.489 e. The maximum atomic E-state index is 12.6. The first-order chi connectivity index (χ1) is 18.0. The minimum absolute atomic E-state index is 0.00108. The van der Waals surface area contributed by atoms with Crippen LogP contribution < -0.4 is 10.2 Å². The third-order valence-electron chi connectivity index (χ3n) is 9.27. The normalized spacial score (nSPS) is 28.5. The second-order valence-electron chi connectivity index (χ2n) is 12.2. The number of halogens is 1. The maximum Gasteiger partial charge on any atom is 0.277 e. The number of hydrogen-bond acceptors (Lipinski definition) is 7. The van der Waals surface area contributed by atoms with Crippen molar-refractivity contribution in [1.29, 1.82) is 5.26 Å². The molecule has 1 aromatic carbocycles. The molecule has 2 unspecified atom stereocenters. The molecule has 8 nitrogen and oxygen atoms in total. The number of nitrogens with one attached hydrogen (secondary N) is 1. The van der Waals surface area contributed by atoms with Gasteiger partial charge >= 0.3 is 0 Å². The van der Waals surface area contributed by atoms with Crippen molar-refractivity contribution in [2.45, 2.75) is 72.0 Å². The first kappa shape index (κ1) is 26.6. The molecular weight excluding hydrogens is 504 g/mol. The van der Waals surface area contributed by atoms with E-state index in [1.165, 1.54) is 18.7 Å². The molecule has 0 aliphatic heterocycles. The van der Waals surface area contributed by atoms with Gasteiger partial charge in [0.05, 0.1) is 22.3 Å². The summed E-state index contributed by atoms with van der Waals surface area (Å²) in [7, 11) is 0. The van der Waals surface area contributed by atoms with Gasteiger partial charge in [0, 0.05) is 42.1 Å². The monoisotopic (exact) mass is 536 g/mol. The van der Waals surface area contributed by atoms with Crippen LogP contribution in [0.4, 0.5) is 0 Å². The quantitative estimate of drug-likeness (QED) is 0.497. The Balaban J connectivity index is 1.37. The Morgan fingerprint density at radius 3 is 2.39 bits per heavy atom.